The maximum Gasteiger partial charge on any atom is 0.269 e. The third-order valence-corrected chi connectivity index (χ3v) is 1.78. The standard InChI is InChI=1S/C9H8NO3/c1-7(6-11)8-2-4-9(5-3-8)10(12)13/h2-5,7H,1H3. The fourth-order valence-corrected chi connectivity index (χ4v) is 0.953. The van der Waals surface area contributed by atoms with E-state index in [-0.39, 0.29) is 11.6 Å². The van der Waals surface area contributed by atoms with Crippen molar-refractivity contribution in [1.29, 1.82) is 0 Å². The zero-order valence-corrected chi connectivity index (χ0v) is 7.06. The first kappa shape index (κ1) is 9.38. The van der Waals surface area contributed by atoms with Crippen molar-refractivity contribution in [3.63, 3.8) is 0 Å². The van der Waals surface area contributed by atoms with E-state index in [1.54, 1.807) is 19.1 Å². The summed E-state index contributed by atoms with van der Waals surface area (Å²) in [6, 6.07) is 5.88. The third-order valence-electron chi connectivity index (χ3n) is 1.78. The Hall–Kier alpha value is -1.71. The van der Waals surface area contributed by atoms with Crippen LogP contribution in [0.3, 0.4) is 0 Å². The Morgan fingerprint density at radius 3 is 2.31 bits per heavy atom. The van der Waals surface area contributed by atoms with Gasteiger partial charge in [-0.25, -0.2) is 0 Å². The first-order chi connectivity index (χ1) is 6.15. The van der Waals surface area contributed by atoms with Crippen LogP contribution in [0, 0.1) is 10.1 Å². The van der Waals surface area contributed by atoms with Crippen LogP contribution in [0.4, 0.5) is 5.69 Å². The topological polar surface area (TPSA) is 60.2 Å². The van der Waals surface area contributed by atoms with Crippen molar-refractivity contribution >= 4 is 12.0 Å². The van der Waals surface area contributed by atoms with Gasteiger partial charge in [-0.05, 0) is 5.56 Å². The fourth-order valence-electron chi connectivity index (χ4n) is 0.953. The third kappa shape index (κ3) is 2.11. The fraction of sp³-hybridized carbons (Fsp3) is 0.222. The lowest BCUT2D eigenvalue weighted by Gasteiger charge is -2.00. The summed E-state index contributed by atoms with van der Waals surface area (Å²) in [6.07, 6.45) is 1.81. The van der Waals surface area contributed by atoms with Crippen molar-refractivity contribution in [3.8, 4) is 0 Å². The quantitative estimate of drug-likeness (QED) is 0.523. The number of hydrogen-bond donors (Lipinski definition) is 0. The highest BCUT2D eigenvalue weighted by Crippen LogP contribution is 2.17. The molecular weight excluding hydrogens is 170 g/mol. The van der Waals surface area contributed by atoms with Crippen LogP contribution in [0.25, 0.3) is 0 Å². The van der Waals surface area contributed by atoms with Crippen LogP contribution in [0.5, 0.6) is 0 Å². The largest absolute Gasteiger partial charge is 0.290 e. The lowest BCUT2D eigenvalue weighted by atomic mass is 10.0. The second-order valence-electron chi connectivity index (χ2n) is 2.69. The molecule has 0 aliphatic carbocycles. The normalized spacial score (nSPS) is 12.1. The molecule has 0 aromatic heterocycles. The number of nitro benzene ring substituents is 1. The van der Waals surface area contributed by atoms with Gasteiger partial charge < -0.3 is 0 Å². The van der Waals surface area contributed by atoms with Crippen LogP contribution < -0.4 is 0 Å². The lowest BCUT2D eigenvalue weighted by molar-refractivity contribution is -0.384. The Kier molecular flexibility index (Phi) is 2.74. The molecule has 1 unspecified atom stereocenters. The summed E-state index contributed by atoms with van der Waals surface area (Å²) in [6.45, 7) is 1.69. The molecule has 1 aromatic carbocycles. The highest BCUT2D eigenvalue weighted by atomic mass is 16.6. The van der Waals surface area contributed by atoms with E-state index in [9.17, 15) is 14.9 Å². The number of non-ortho nitro benzene ring substituents is 1. The maximum absolute atomic E-state index is 10.3. The van der Waals surface area contributed by atoms with Crippen molar-refractivity contribution in [2.75, 3.05) is 0 Å². The number of nitro groups is 1. The number of benzene rings is 1. The molecule has 0 amide bonds. The minimum Gasteiger partial charge on any atom is -0.290 e. The van der Waals surface area contributed by atoms with E-state index >= 15 is 0 Å². The zero-order chi connectivity index (χ0) is 9.84. The van der Waals surface area contributed by atoms with Gasteiger partial charge in [-0.3, -0.25) is 14.9 Å². The number of rotatable bonds is 3. The average Bonchev–Trinajstić information content (AvgIpc) is 2.17. The summed E-state index contributed by atoms with van der Waals surface area (Å²) in [4.78, 5) is 20.1. The van der Waals surface area contributed by atoms with E-state index in [0.717, 1.165) is 5.56 Å². The van der Waals surface area contributed by atoms with Crippen molar-refractivity contribution in [1.82, 2.24) is 0 Å². The van der Waals surface area contributed by atoms with Gasteiger partial charge in [-0.1, -0.05) is 19.1 Å². The summed E-state index contributed by atoms with van der Waals surface area (Å²) >= 11 is 0. The molecule has 1 rings (SSSR count). The molecule has 1 radical (unpaired) electrons. The van der Waals surface area contributed by atoms with Gasteiger partial charge in [0.15, 0.2) is 0 Å². The molecule has 13 heavy (non-hydrogen) atoms. The maximum atomic E-state index is 10.3. The second-order valence-corrected chi connectivity index (χ2v) is 2.69. The summed E-state index contributed by atoms with van der Waals surface area (Å²) in [5, 5.41) is 10.3. The average molecular weight is 178 g/mol. The van der Waals surface area contributed by atoms with Crippen molar-refractivity contribution in [3.05, 3.63) is 39.9 Å². The number of hydrogen-bond acceptors (Lipinski definition) is 3. The molecule has 0 heterocycles. The molecule has 0 saturated carbocycles. The van der Waals surface area contributed by atoms with Crippen LogP contribution in [0.1, 0.15) is 18.4 Å². The second kappa shape index (κ2) is 3.80. The van der Waals surface area contributed by atoms with Crippen molar-refractivity contribution in [2.45, 2.75) is 12.8 Å². The van der Waals surface area contributed by atoms with Crippen LogP contribution in [0.2, 0.25) is 0 Å². The predicted molar refractivity (Wildman–Crippen MR) is 47.2 cm³/mol. The lowest BCUT2D eigenvalue weighted by Crippen LogP contribution is -1.94. The monoisotopic (exact) mass is 178 g/mol. The van der Waals surface area contributed by atoms with Crippen molar-refractivity contribution < 1.29 is 9.72 Å². The van der Waals surface area contributed by atoms with E-state index in [4.69, 9.17) is 0 Å². The van der Waals surface area contributed by atoms with Gasteiger partial charge in [-0.2, -0.15) is 0 Å². The first-order valence-electron chi connectivity index (χ1n) is 3.77. The van der Waals surface area contributed by atoms with Crippen LogP contribution in [-0.4, -0.2) is 11.2 Å². The van der Waals surface area contributed by atoms with Gasteiger partial charge in [0.1, 0.15) is 0 Å². The Balaban J connectivity index is 2.93. The van der Waals surface area contributed by atoms with Gasteiger partial charge in [0.2, 0.25) is 6.29 Å². The van der Waals surface area contributed by atoms with E-state index in [1.165, 1.54) is 12.1 Å². The molecule has 0 saturated heterocycles. The van der Waals surface area contributed by atoms with Crippen LogP contribution >= 0.6 is 0 Å². The van der Waals surface area contributed by atoms with Gasteiger partial charge in [0.05, 0.1) is 4.92 Å². The van der Waals surface area contributed by atoms with E-state index < -0.39 is 4.92 Å². The Labute approximate surface area is 75.3 Å². The van der Waals surface area contributed by atoms with Crippen LogP contribution in [-0.2, 0) is 4.79 Å². The molecule has 4 nitrogen and oxygen atoms in total. The summed E-state index contributed by atoms with van der Waals surface area (Å²) in [5.74, 6) is -0.333. The molecule has 0 spiro atoms. The number of nitrogens with zero attached hydrogens (tertiary/aromatic N) is 1. The van der Waals surface area contributed by atoms with Gasteiger partial charge in [0, 0.05) is 18.1 Å². The summed E-state index contributed by atoms with van der Waals surface area (Å²) in [7, 11) is 0. The molecule has 0 bridgehead atoms. The summed E-state index contributed by atoms with van der Waals surface area (Å²) < 4.78 is 0. The molecule has 1 atom stereocenters. The SMILES string of the molecule is CC([C]=O)c1ccc([N+](=O)[O-])cc1. The molecule has 0 aliphatic heterocycles. The molecule has 67 valence electrons. The van der Waals surface area contributed by atoms with Gasteiger partial charge in [0.25, 0.3) is 5.69 Å². The minimum atomic E-state index is -0.473. The highest BCUT2D eigenvalue weighted by Gasteiger charge is 2.07. The van der Waals surface area contributed by atoms with Gasteiger partial charge in [-0.15, -0.1) is 0 Å². The first-order valence-corrected chi connectivity index (χ1v) is 3.77. The minimum absolute atomic E-state index is 0.0295. The van der Waals surface area contributed by atoms with E-state index in [0.29, 0.717) is 0 Å². The highest BCUT2D eigenvalue weighted by molar-refractivity contribution is 5.62. The molecular formula is C9H8NO3. The smallest absolute Gasteiger partial charge is 0.269 e. The van der Waals surface area contributed by atoms with Crippen molar-refractivity contribution in [2.24, 2.45) is 0 Å². The van der Waals surface area contributed by atoms with E-state index in [2.05, 4.69) is 0 Å². The zero-order valence-electron chi connectivity index (χ0n) is 7.06. The molecule has 1 aromatic rings. The Morgan fingerprint density at radius 2 is 1.92 bits per heavy atom. The molecule has 4 heteroatoms. The number of carbonyl (C=O) groups excluding carboxylic acids is 1. The molecule has 0 aliphatic rings. The van der Waals surface area contributed by atoms with Crippen LogP contribution in [0.15, 0.2) is 24.3 Å². The molecule has 0 fully saturated rings. The summed E-state index contributed by atoms with van der Waals surface area (Å²) in [5.41, 5.74) is 0.766. The molecule has 0 N–H and O–H groups in total. The Bertz CT molecular complexity index is 318. The van der Waals surface area contributed by atoms with E-state index in [1.807, 2.05) is 6.29 Å². The van der Waals surface area contributed by atoms with Gasteiger partial charge >= 0.3 is 0 Å². The Morgan fingerprint density at radius 1 is 1.38 bits per heavy atom. The predicted octanol–water partition coefficient (Wildman–Crippen LogP) is 1.81.